The lowest BCUT2D eigenvalue weighted by Gasteiger charge is -2.23. The first-order valence-electron chi connectivity index (χ1n) is 6.89. The minimum Gasteiger partial charge on any atom is -0.306 e. The van der Waals surface area contributed by atoms with E-state index in [2.05, 4.69) is 54.2 Å². The van der Waals surface area contributed by atoms with Gasteiger partial charge in [-0.3, -0.25) is 0 Å². The van der Waals surface area contributed by atoms with Crippen LogP contribution in [-0.2, 0) is 0 Å². The number of hydrogen-bond donors (Lipinski definition) is 1. The van der Waals surface area contributed by atoms with E-state index in [-0.39, 0.29) is 6.04 Å². The van der Waals surface area contributed by atoms with Crippen LogP contribution in [0.3, 0.4) is 0 Å². The second-order valence-corrected chi connectivity index (χ2v) is 6.81. The fraction of sp³-hybridized carbons (Fsp3) is 0.294. The third-order valence-electron chi connectivity index (χ3n) is 3.54. The van der Waals surface area contributed by atoms with Crippen molar-refractivity contribution in [1.29, 1.82) is 0 Å². The molecule has 21 heavy (non-hydrogen) atoms. The van der Waals surface area contributed by atoms with E-state index < -0.39 is 0 Å². The van der Waals surface area contributed by atoms with E-state index in [9.17, 15) is 0 Å². The molecule has 0 amide bonds. The van der Waals surface area contributed by atoms with Crippen LogP contribution < -0.4 is 5.32 Å². The van der Waals surface area contributed by atoms with Crippen LogP contribution in [0.15, 0.2) is 34.8 Å². The highest BCUT2D eigenvalue weighted by Gasteiger charge is 2.19. The minimum absolute atomic E-state index is 0.0352. The molecule has 0 saturated carbocycles. The molecule has 2 aromatic carbocycles. The minimum atomic E-state index is 0.0352. The lowest BCUT2D eigenvalue weighted by molar-refractivity contribution is 0.627. The molecule has 1 unspecified atom stereocenters. The van der Waals surface area contributed by atoms with Crippen LogP contribution in [0.1, 0.15) is 35.2 Å². The summed E-state index contributed by atoms with van der Waals surface area (Å²) in [4.78, 5) is 0. The number of halogens is 3. The average molecular weight is 387 g/mol. The predicted molar refractivity (Wildman–Crippen MR) is 95.6 cm³/mol. The van der Waals surface area contributed by atoms with Gasteiger partial charge >= 0.3 is 0 Å². The quantitative estimate of drug-likeness (QED) is 0.672. The number of benzene rings is 2. The Morgan fingerprint density at radius 3 is 2.43 bits per heavy atom. The largest absolute Gasteiger partial charge is 0.306 e. The molecule has 0 aliphatic heterocycles. The summed E-state index contributed by atoms with van der Waals surface area (Å²) in [7, 11) is 0. The molecule has 1 nitrogen and oxygen atoms in total. The topological polar surface area (TPSA) is 12.0 Å². The van der Waals surface area contributed by atoms with Gasteiger partial charge in [-0.15, -0.1) is 0 Å². The van der Waals surface area contributed by atoms with Gasteiger partial charge in [0.1, 0.15) is 0 Å². The fourth-order valence-corrected chi connectivity index (χ4v) is 3.31. The van der Waals surface area contributed by atoms with Gasteiger partial charge < -0.3 is 5.32 Å². The first-order valence-corrected chi connectivity index (χ1v) is 8.44. The second-order valence-electron chi connectivity index (χ2n) is 5.11. The molecule has 0 saturated heterocycles. The monoisotopic (exact) mass is 385 g/mol. The first-order chi connectivity index (χ1) is 9.93. The summed E-state index contributed by atoms with van der Waals surface area (Å²) < 4.78 is 1.12. The molecule has 1 atom stereocenters. The zero-order chi connectivity index (χ0) is 15.6. The van der Waals surface area contributed by atoms with Crippen LogP contribution in [0.5, 0.6) is 0 Å². The molecule has 0 aromatic heterocycles. The van der Waals surface area contributed by atoms with E-state index in [0.29, 0.717) is 5.02 Å². The van der Waals surface area contributed by atoms with Crippen molar-refractivity contribution in [2.75, 3.05) is 6.54 Å². The van der Waals surface area contributed by atoms with Crippen LogP contribution in [0.4, 0.5) is 0 Å². The Morgan fingerprint density at radius 2 is 1.76 bits per heavy atom. The van der Waals surface area contributed by atoms with E-state index >= 15 is 0 Å². The van der Waals surface area contributed by atoms with Crippen molar-refractivity contribution in [3.63, 3.8) is 0 Å². The molecule has 0 bridgehead atoms. The zero-order valence-corrected chi connectivity index (χ0v) is 15.4. The van der Waals surface area contributed by atoms with Gasteiger partial charge in [0.15, 0.2) is 0 Å². The summed E-state index contributed by atoms with van der Waals surface area (Å²) >= 11 is 16.1. The Bertz CT molecular complexity index is 655. The maximum absolute atomic E-state index is 6.39. The molecule has 0 aliphatic rings. The van der Waals surface area contributed by atoms with E-state index in [0.717, 1.165) is 21.6 Å². The third kappa shape index (κ3) is 3.81. The molecule has 0 spiro atoms. The lowest BCUT2D eigenvalue weighted by atomic mass is 9.93. The average Bonchev–Trinajstić information content (AvgIpc) is 2.43. The first kappa shape index (κ1) is 16.8. The summed E-state index contributed by atoms with van der Waals surface area (Å²) in [6, 6.07) is 9.99. The van der Waals surface area contributed by atoms with Crippen molar-refractivity contribution in [2.24, 2.45) is 0 Å². The second kappa shape index (κ2) is 7.15. The number of hydrogen-bond acceptors (Lipinski definition) is 1. The standard InChI is InChI=1S/C17H18BrCl2N/c1-4-21-17(14-9-12(19)5-6-16(14)20)13-7-11(3)15(18)8-10(13)2/h5-9,17,21H,4H2,1-3H3. The molecule has 1 N–H and O–H groups in total. The van der Waals surface area contributed by atoms with Crippen molar-refractivity contribution < 1.29 is 0 Å². The smallest absolute Gasteiger partial charge is 0.0594 e. The molecule has 112 valence electrons. The summed E-state index contributed by atoms with van der Waals surface area (Å²) in [6.07, 6.45) is 0. The highest BCUT2D eigenvalue weighted by atomic mass is 79.9. The molecule has 2 rings (SSSR count). The molecular formula is C17H18BrCl2N. The highest BCUT2D eigenvalue weighted by molar-refractivity contribution is 9.10. The van der Waals surface area contributed by atoms with Crippen molar-refractivity contribution in [2.45, 2.75) is 26.8 Å². The van der Waals surface area contributed by atoms with Gasteiger partial charge in [-0.25, -0.2) is 0 Å². The van der Waals surface area contributed by atoms with Crippen LogP contribution in [0.25, 0.3) is 0 Å². The van der Waals surface area contributed by atoms with Gasteiger partial charge in [0.2, 0.25) is 0 Å². The van der Waals surface area contributed by atoms with Crippen LogP contribution >= 0.6 is 39.1 Å². The van der Waals surface area contributed by atoms with Crippen LogP contribution in [0.2, 0.25) is 10.0 Å². The van der Waals surface area contributed by atoms with E-state index in [1.54, 1.807) is 0 Å². The van der Waals surface area contributed by atoms with Crippen LogP contribution in [0, 0.1) is 13.8 Å². The van der Waals surface area contributed by atoms with Gasteiger partial charge in [0, 0.05) is 14.5 Å². The van der Waals surface area contributed by atoms with E-state index in [1.807, 2.05) is 18.2 Å². The third-order valence-corrected chi connectivity index (χ3v) is 4.97. The molecule has 0 radical (unpaired) electrons. The van der Waals surface area contributed by atoms with Gasteiger partial charge in [0.25, 0.3) is 0 Å². The number of nitrogens with one attached hydrogen (secondary N) is 1. The number of rotatable bonds is 4. The number of aryl methyl sites for hydroxylation is 2. The Balaban J connectivity index is 2.58. The Morgan fingerprint density at radius 1 is 1.05 bits per heavy atom. The van der Waals surface area contributed by atoms with Crippen LogP contribution in [-0.4, -0.2) is 6.54 Å². The zero-order valence-electron chi connectivity index (χ0n) is 12.3. The SMILES string of the molecule is CCNC(c1cc(C)c(Br)cc1C)c1cc(Cl)ccc1Cl. The van der Waals surface area contributed by atoms with E-state index in [1.165, 1.54) is 16.7 Å². The summed E-state index contributed by atoms with van der Waals surface area (Å²) in [5.74, 6) is 0. The molecule has 0 heterocycles. The Labute approximate surface area is 144 Å². The molecule has 4 heteroatoms. The van der Waals surface area contributed by atoms with Crippen molar-refractivity contribution in [1.82, 2.24) is 5.32 Å². The highest BCUT2D eigenvalue weighted by Crippen LogP contribution is 2.34. The van der Waals surface area contributed by atoms with Gasteiger partial charge in [0.05, 0.1) is 6.04 Å². The van der Waals surface area contributed by atoms with Crippen molar-refractivity contribution in [3.05, 3.63) is 67.1 Å². The summed E-state index contributed by atoms with van der Waals surface area (Å²) in [5.41, 5.74) is 4.66. The Kier molecular flexibility index (Phi) is 5.73. The Hall–Kier alpha value is -0.540. The summed E-state index contributed by atoms with van der Waals surface area (Å²) in [6.45, 7) is 7.15. The van der Waals surface area contributed by atoms with E-state index in [4.69, 9.17) is 23.2 Å². The van der Waals surface area contributed by atoms with Crippen molar-refractivity contribution >= 4 is 39.1 Å². The van der Waals surface area contributed by atoms with Crippen molar-refractivity contribution in [3.8, 4) is 0 Å². The molecule has 2 aromatic rings. The normalized spacial score (nSPS) is 12.5. The molecular weight excluding hydrogens is 369 g/mol. The predicted octanol–water partition coefficient (Wildman–Crippen LogP) is 6.07. The summed E-state index contributed by atoms with van der Waals surface area (Å²) in [5, 5.41) is 4.94. The molecule has 0 fully saturated rings. The molecule has 0 aliphatic carbocycles. The van der Waals surface area contributed by atoms with Gasteiger partial charge in [-0.1, -0.05) is 52.1 Å². The van der Waals surface area contributed by atoms with Gasteiger partial charge in [-0.2, -0.15) is 0 Å². The lowest BCUT2D eigenvalue weighted by Crippen LogP contribution is -2.23. The maximum Gasteiger partial charge on any atom is 0.0594 e. The van der Waals surface area contributed by atoms with Gasteiger partial charge in [-0.05, 0) is 66.9 Å². The fourth-order valence-electron chi connectivity index (χ4n) is 2.44. The maximum atomic E-state index is 6.39.